The first-order valence-corrected chi connectivity index (χ1v) is 6.88. The molecule has 1 heterocycles. The topological polar surface area (TPSA) is 29.9 Å². The monoisotopic (exact) mass is 235 g/mol. The minimum atomic E-state index is 0.651. The number of aromatic nitrogens is 2. The molecule has 3 nitrogen and oxygen atoms in total. The third-order valence-corrected chi connectivity index (χ3v) is 3.70. The van der Waals surface area contributed by atoms with Crippen LogP contribution >= 0.6 is 0 Å². The Kier molecular flexibility index (Phi) is 3.87. The summed E-state index contributed by atoms with van der Waals surface area (Å²) in [4.78, 5) is 0. The van der Waals surface area contributed by atoms with Gasteiger partial charge >= 0.3 is 0 Å². The van der Waals surface area contributed by atoms with Gasteiger partial charge in [0.15, 0.2) is 0 Å². The normalized spacial score (nSPS) is 17.4. The second-order valence-corrected chi connectivity index (χ2v) is 5.47. The van der Waals surface area contributed by atoms with Gasteiger partial charge in [-0.3, -0.25) is 4.68 Å². The van der Waals surface area contributed by atoms with Crippen molar-refractivity contribution in [3.05, 3.63) is 17.0 Å². The molecule has 0 spiro atoms. The highest BCUT2D eigenvalue weighted by molar-refractivity contribution is 5.24. The van der Waals surface area contributed by atoms with Crippen LogP contribution in [-0.4, -0.2) is 22.4 Å². The number of rotatable bonds is 6. The SMILES string of the molecule is CCc1c(C)nn(CC(C)CNC2CC2)c1C. The molecule has 1 aliphatic rings. The third kappa shape index (κ3) is 3.09. The van der Waals surface area contributed by atoms with Crippen molar-refractivity contribution in [3.8, 4) is 0 Å². The van der Waals surface area contributed by atoms with Gasteiger partial charge in [0.05, 0.1) is 5.69 Å². The molecule has 0 aliphatic heterocycles. The predicted octanol–water partition coefficient (Wildman–Crippen LogP) is 2.45. The Hall–Kier alpha value is -0.830. The van der Waals surface area contributed by atoms with Gasteiger partial charge in [-0.2, -0.15) is 5.10 Å². The van der Waals surface area contributed by atoms with Crippen LogP contribution in [0.1, 0.15) is 43.6 Å². The average molecular weight is 235 g/mol. The maximum atomic E-state index is 4.65. The molecule has 3 heteroatoms. The highest BCUT2D eigenvalue weighted by atomic mass is 15.3. The Morgan fingerprint density at radius 2 is 2.12 bits per heavy atom. The first kappa shape index (κ1) is 12.6. The fraction of sp³-hybridized carbons (Fsp3) is 0.786. The van der Waals surface area contributed by atoms with Crippen LogP contribution in [0.3, 0.4) is 0 Å². The van der Waals surface area contributed by atoms with E-state index in [0.717, 1.165) is 25.6 Å². The number of aryl methyl sites for hydroxylation is 1. The number of nitrogens with zero attached hydrogens (tertiary/aromatic N) is 2. The summed E-state index contributed by atoms with van der Waals surface area (Å²) >= 11 is 0. The van der Waals surface area contributed by atoms with E-state index >= 15 is 0 Å². The first-order chi connectivity index (χ1) is 8.11. The van der Waals surface area contributed by atoms with Crippen LogP contribution in [0.2, 0.25) is 0 Å². The summed E-state index contributed by atoms with van der Waals surface area (Å²) < 4.78 is 2.19. The maximum absolute atomic E-state index is 4.65. The van der Waals surface area contributed by atoms with Gasteiger partial charge in [-0.15, -0.1) is 0 Å². The molecule has 1 fully saturated rings. The molecule has 0 radical (unpaired) electrons. The molecule has 1 unspecified atom stereocenters. The van der Waals surface area contributed by atoms with E-state index in [2.05, 4.69) is 42.8 Å². The van der Waals surface area contributed by atoms with Crippen LogP contribution < -0.4 is 5.32 Å². The van der Waals surface area contributed by atoms with Crippen molar-refractivity contribution in [3.63, 3.8) is 0 Å². The Bertz CT molecular complexity index is 377. The van der Waals surface area contributed by atoms with E-state index < -0.39 is 0 Å². The zero-order valence-corrected chi connectivity index (χ0v) is 11.6. The van der Waals surface area contributed by atoms with Crippen LogP contribution in [-0.2, 0) is 13.0 Å². The zero-order valence-electron chi connectivity index (χ0n) is 11.6. The van der Waals surface area contributed by atoms with Crippen molar-refractivity contribution in [1.82, 2.24) is 15.1 Å². The van der Waals surface area contributed by atoms with Crippen LogP contribution in [0, 0.1) is 19.8 Å². The third-order valence-electron chi connectivity index (χ3n) is 3.70. The largest absolute Gasteiger partial charge is 0.314 e. The van der Waals surface area contributed by atoms with E-state index in [0.29, 0.717) is 5.92 Å². The van der Waals surface area contributed by atoms with E-state index in [1.165, 1.54) is 29.8 Å². The summed E-state index contributed by atoms with van der Waals surface area (Å²) in [6.45, 7) is 11.0. The molecule has 1 saturated carbocycles. The van der Waals surface area contributed by atoms with Gasteiger partial charge in [-0.1, -0.05) is 13.8 Å². The van der Waals surface area contributed by atoms with E-state index in [1.54, 1.807) is 0 Å². The molecule has 1 aromatic heterocycles. The van der Waals surface area contributed by atoms with Gasteiger partial charge in [0.1, 0.15) is 0 Å². The average Bonchev–Trinajstić information content (AvgIpc) is 3.06. The molecule has 17 heavy (non-hydrogen) atoms. The second-order valence-electron chi connectivity index (χ2n) is 5.47. The molecule has 1 aromatic rings. The van der Waals surface area contributed by atoms with E-state index in [1.807, 2.05) is 0 Å². The van der Waals surface area contributed by atoms with Gasteiger partial charge in [0.2, 0.25) is 0 Å². The van der Waals surface area contributed by atoms with Crippen molar-refractivity contribution < 1.29 is 0 Å². The lowest BCUT2D eigenvalue weighted by Crippen LogP contribution is -2.26. The van der Waals surface area contributed by atoms with Crippen LogP contribution in [0.5, 0.6) is 0 Å². The fourth-order valence-corrected chi connectivity index (χ4v) is 2.44. The Morgan fingerprint density at radius 3 is 2.65 bits per heavy atom. The molecular weight excluding hydrogens is 210 g/mol. The molecule has 0 bridgehead atoms. The summed E-state index contributed by atoms with van der Waals surface area (Å²) in [6, 6.07) is 0.809. The number of nitrogens with one attached hydrogen (secondary N) is 1. The second kappa shape index (κ2) is 5.21. The van der Waals surface area contributed by atoms with Gasteiger partial charge in [-0.05, 0) is 51.1 Å². The summed E-state index contributed by atoms with van der Waals surface area (Å²) in [5, 5.41) is 8.24. The molecule has 1 N–H and O–H groups in total. The van der Waals surface area contributed by atoms with Crippen LogP contribution in [0.4, 0.5) is 0 Å². The molecule has 1 atom stereocenters. The fourth-order valence-electron chi connectivity index (χ4n) is 2.44. The minimum absolute atomic E-state index is 0.651. The molecule has 0 aromatic carbocycles. The highest BCUT2D eigenvalue weighted by Gasteiger charge is 2.21. The Morgan fingerprint density at radius 1 is 1.41 bits per heavy atom. The van der Waals surface area contributed by atoms with Crippen molar-refractivity contribution in [2.45, 2.75) is 59.5 Å². The Labute approximate surface area is 105 Å². The predicted molar refractivity (Wildman–Crippen MR) is 71.3 cm³/mol. The number of hydrogen-bond donors (Lipinski definition) is 1. The maximum Gasteiger partial charge on any atom is 0.0628 e. The van der Waals surface area contributed by atoms with Gasteiger partial charge in [-0.25, -0.2) is 0 Å². The smallest absolute Gasteiger partial charge is 0.0628 e. The van der Waals surface area contributed by atoms with Crippen molar-refractivity contribution in [2.75, 3.05) is 6.54 Å². The molecule has 2 rings (SSSR count). The van der Waals surface area contributed by atoms with E-state index in [-0.39, 0.29) is 0 Å². The molecule has 1 aliphatic carbocycles. The first-order valence-electron chi connectivity index (χ1n) is 6.88. The molecular formula is C14H25N3. The molecule has 0 saturated heterocycles. The van der Waals surface area contributed by atoms with Crippen LogP contribution in [0.25, 0.3) is 0 Å². The summed E-state index contributed by atoms with van der Waals surface area (Å²) in [5.74, 6) is 0.651. The van der Waals surface area contributed by atoms with Gasteiger partial charge in [0.25, 0.3) is 0 Å². The van der Waals surface area contributed by atoms with Crippen LogP contribution in [0.15, 0.2) is 0 Å². The van der Waals surface area contributed by atoms with Crippen molar-refractivity contribution in [1.29, 1.82) is 0 Å². The highest BCUT2D eigenvalue weighted by Crippen LogP contribution is 2.19. The summed E-state index contributed by atoms with van der Waals surface area (Å²) in [7, 11) is 0. The van der Waals surface area contributed by atoms with Crippen molar-refractivity contribution in [2.24, 2.45) is 5.92 Å². The standard InChI is InChI=1S/C14H25N3/c1-5-14-11(3)16-17(12(14)4)9-10(2)8-15-13-6-7-13/h10,13,15H,5-9H2,1-4H3. The van der Waals surface area contributed by atoms with Crippen molar-refractivity contribution >= 4 is 0 Å². The number of hydrogen-bond acceptors (Lipinski definition) is 2. The molecule has 0 amide bonds. The summed E-state index contributed by atoms with van der Waals surface area (Å²) in [5.41, 5.74) is 3.97. The van der Waals surface area contributed by atoms with E-state index in [4.69, 9.17) is 0 Å². The minimum Gasteiger partial charge on any atom is -0.314 e. The zero-order chi connectivity index (χ0) is 12.4. The lowest BCUT2D eigenvalue weighted by Gasteiger charge is -2.13. The molecule has 96 valence electrons. The summed E-state index contributed by atoms with van der Waals surface area (Å²) in [6.07, 6.45) is 3.82. The lowest BCUT2D eigenvalue weighted by molar-refractivity contribution is 0.415. The lowest BCUT2D eigenvalue weighted by atomic mass is 10.1. The van der Waals surface area contributed by atoms with E-state index in [9.17, 15) is 0 Å². The van der Waals surface area contributed by atoms with Gasteiger partial charge in [0, 0.05) is 18.3 Å². The Balaban J connectivity index is 1.92. The quantitative estimate of drug-likeness (QED) is 0.821. The van der Waals surface area contributed by atoms with Gasteiger partial charge < -0.3 is 5.32 Å².